The number of carbonyl (C=O) groups excluding carboxylic acids is 1. The maximum absolute atomic E-state index is 15.6. The third-order valence-corrected chi connectivity index (χ3v) is 7.67. The molecular formula is C30H41FN8O3. The number of rotatable bonds is 9. The zero-order valence-corrected chi connectivity index (χ0v) is 25.4. The Morgan fingerprint density at radius 1 is 1.31 bits per heavy atom. The van der Waals surface area contributed by atoms with Gasteiger partial charge < -0.3 is 29.7 Å². The van der Waals surface area contributed by atoms with E-state index in [4.69, 9.17) is 14.5 Å². The van der Waals surface area contributed by atoms with E-state index in [-0.39, 0.29) is 23.1 Å². The lowest BCUT2D eigenvalue weighted by Crippen LogP contribution is -2.54. The van der Waals surface area contributed by atoms with Gasteiger partial charge in [0.05, 0.1) is 18.3 Å². The summed E-state index contributed by atoms with van der Waals surface area (Å²) in [5, 5.41) is 16.0. The number of carbonyl (C=O) groups is 1. The number of anilines is 3. The molecule has 1 aliphatic rings. The van der Waals surface area contributed by atoms with E-state index in [1.165, 1.54) is 6.20 Å². The van der Waals surface area contributed by atoms with Crippen molar-refractivity contribution in [3.63, 3.8) is 0 Å². The highest BCUT2D eigenvalue weighted by atomic mass is 19.1. The Kier molecular flexibility index (Phi) is 10.8. The molecule has 2 aromatic heterocycles. The number of nitrogens with zero attached hydrogens (tertiary/aromatic N) is 6. The highest BCUT2D eigenvalue weighted by Gasteiger charge is 2.45. The Morgan fingerprint density at radius 3 is 2.64 bits per heavy atom. The summed E-state index contributed by atoms with van der Waals surface area (Å²) in [5.41, 5.74) is 0.275. The standard InChI is InChI=1S/C28H36FN7O2.C2H5NO/c1-7-38-24-13-19-12-22(8-9-23(19)35(6)26(24)37)32-25-20(14-30)15-31-27(33-25)36-16-18(2)28(3,29)21(17-36)10-11-34(4)5;1-3-2-4/h8-9,12-13,15,18,21H,7,10-11,16-17H2,1-6H3,(H,31,32,33);2H,1H3,(H,3,4). The molecule has 1 aromatic carbocycles. The number of nitriles is 1. The van der Waals surface area contributed by atoms with Gasteiger partial charge >= 0.3 is 0 Å². The van der Waals surface area contributed by atoms with Crippen LogP contribution in [0.15, 0.2) is 35.3 Å². The normalized spacial score (nSPS) is 20.0. The van der Waals surface area contributed by atoms with Crippen LogP contribution < -0.4 is 25.8 Å². The minimum atomic E-state index is -1.29. The Hall–Kier alpha value is -4.24. The summed E-state index contributed by atoms with van der Waals surface area (Å²) in [4.78, 5) is 34.8. The zero-order chi connectivity index (χ0) is 31.0. The number of pyridine rings is 1. The average Bonchev–Trinajstić information content (AvgIpc) is 2.96. The highest BCUT2D eigenvalue weighted by Crippen LogP contribution is 2.39. The van der Waals surface area contributed by atoms with Crippen LogP contribution in [-0.4, -0.2) is 78.9 Å². The zero-order valence-electron chi connectivity index (χ0n) is 25.4. The first-order chi connectivity index (χ1) is 20.0. The molecule has 42 heavy (non-hydrogen) atoms. The van der Waals surface area contributed by atoms with E-state index in [1.807, 2.05) is 51.0 Å². The van der Waals surface area contributed by atoms with Crippen LogP contribution in [0.25, 0.3) is 10.9 Å². The molecule has 0 radical (unpaired) electrons. The maximum Gasteiger partial charge on any atom is 0.293 e. The van der Waals surface area contributed by atoms with Crippen molar-refractivity contribution in [2.45, 2.75) is 32.9 Å². The molecule has 0 saturated carbocycles. The number of piperidine rings is 1. The molecule has 4 rings (SSSR count). The van der Waals surface area contributed by atoms with Crippen LogP contribution in [0.2, 0.25) is 0 Å². The Morgan fingerprint density at radius 2 is 2.02 bits per heavy atom. The monoisotopic (exact) mass is 580 g/mol. The topological polar surface area (TPSA) is 128 Å². The molecule has 0 spiro atoms. The van der Waals surface area contributed by atoms with E-state index >= 15 is 4.39 Å². The van der Waals surface area contributed by atoms with Gasteiger partial charge in [0.2, 0.25) is 12.4 Å². The third kappa shape index (κ3) is 7.33. The summed E-state index contributed by atoms with van der Waals surface area (Å²) in [6, 6.07) is 9.43. The quantitative estimate of drug-likeness (QED) is 0.366. The number of benzene rings is 1. The molecule has 1 amide bonds. The predicted molar refractivity (Wildman–Crippen MR) is 163 cm³/mol. The van der Waals surface area contributed by atoms with E-state index in [1.54, 1.807) is 31.7 Å². The minimum Gasteiger partial charge on any atom is -0.488 e. The van der Waals surface area contributed by atoms with Gasteiger partial charge in [0.25, 0.3) is 5.56 Å². The molecule has 226 valence electrons. The maximum atomic E-state index is 15.6. The first-order valence-corrected chi connectivity index (χ1v) is 14.0. The van der Waals surface area contributed by atoms with Crippen LogP contribution in [0, 0.1) is 23.2 Å². The summed E-state index contributed by atoms with van der Waals surface area (Å²) in [7, 11) is 7.25. The molecule has 1 fully saturated rings. The molecule has 3 unspecified atom stereocenters. The highest BCUT2D eigenvalue weighted by molar-refractivity contribution is 5.85. The van der Waals surface area contributed by atoms with Crippen LogP contribution in [0.5, 0.6) is 5.75 Å². The lowest BCUT2D eigenvalue weighted by Gasteiger charge is -2.45. The minimum absolute atomic E-state index is 0.170. The van der Waals surface area contributed by atoms with E-state index in [0.29, 0.717) is 49.1 Å². The average molecular weight is 581 g/mol. The number of ether oxygens (including phenoxy) is 1. The molecule has 0 bridgehead atoms. The van der Waals surface area contributed by atoms with Gasteiger partial charge in [0, 0.05) is 50.1 Å². The second kappa shape index (κ2) is 14.1. The number of alkyl halides is 1. The lowest BCUT2D eigenvalue weighted by atomic mass is 9.75. The number of hydrogen-bond acceptors (Lipinski definition) is 9. The Balaban J connectivity index is 0.00000114. The number of fused-ring (bicyclic) bond motifs is 1. The fourth-order valence-corrected chi connectivity index (χ4v) is 5.01. The molecule has 3 heterocycles. The molecule has 11 nitrogen and oxygen atoms in total. The van der Waals surface area contributed by atoms with Crippen molar-refractivity contribution in [1.82, 2.24) is 24.8 Å². The fraction of sp³-hybridized carbons (Fsp3) is 0.500. The molecule has 1 aliphatic heterocycles. The van der Waals surface area contributed by atoms with Gasteiger partial charge in [-0.3, -0.25) is 9.59 Å². The van der Waals surface area contributed by atoms with Crippen molar-refractivity contribution in [2.24, 2.45) is 18.9 Å². The largest absolute Gasteiger partial charge is 0.488 e. The van der Waals surface area contributed by atoms with E-state index in [0.717, 1.165) is 23.9 Å². The van der Waals surface area contributed by atoms with Crippen LogP contribution >= 0.6 is 0 Å². The number of halogens is 1. The number of amides is 1. The molecule has 3 aromatic rings. The van der Waals surface area contributed by atoms with Crippen LogP contribution in [-0.2, 0) is 11.8 Å². The van der Waals surface area contributed by atoms with E-state index in [2.05, 4.69) is 26.6 Å². The summed E-state index contributed by atoms with van der Waals surface area (Å²) in [6.07, 6.45) is 2.86. The third-order valence-electron chi connectivity index (χ3n) is 7.67. The summed E-state index contributed by atoms with van der Waals surface area (Å²) >= 11 is 0. The van der Waals surface area contributed by atoms with Crippen molar-refractivity contribution < 1.29 is 13.9 Å². The summed E-state index contributed by atoms with van der Waals surface area (Å²) in [5.74, 6) is 0.745. The van der Waals surface area contributed by atoms with Gasteiger partial charge in [-0.1, -0.05) is 6.92 Å². The van der Waals surface area contributed by atoms with Gasteiger partial charge in [-0.2, -0.15) is 10.2 Å². The molecule has 12 heteroatoms. The lowest BCUT2D eigenvalue weighted by molar-refractivity contribution is -0.109. The van der Waals surface area contributed by atoms with Crippen molar-refractivity contribution in [3.05, 3.63) is 46.4 Å². The number of hydrogen-bond donors (Lipinski definition) is 2. The molecular weight excluding hydrogens is 539 g/mol. The fourth-order valence-electron chi connectivity index (χ4n) is 5.01. The van der Waals surface area contributed by atoms with Crippen LogP contribution in [0.3, 0.4) is 0 Å². The smallest absolute Gasteiger partial charge is 0.293 e. The number of aromatic nitrogens is 3. The Labute approximate surface area is 246 Å². The summed E-state index contributed by atoms with van der Waals surface area (Å²) < 4.78 is 22.7. The molecule has 0 aliphatic carbocycles. The van der Waals surface area contributed by atoms with Gasteiger partial charge in [-0.15, -0.1) is 0 Å². The van der Waals surface area contributed by atoms with Crippen LogP contribution in [0.1, 0.15) is 32.8 Å². The van der Waals surface area contributed by atoms with E-state index in [9.17, 15) is 10.1 Å². The second-order valence-corrected chi connectivity index (χ2v) is 10.9. The van der Waals surface area contributed by atoms with Crippen LogP contribution in [0.4, 0.5) is 21.8 Å². The number of nitrogens with one attached hydrogen (secondary N) is 2. The first-order valence-electron chi connectivity index (χ1n) is 14.0. The Bertz CT molecular complexity index is 1480. The summed E-state index contributed by atoms with van der Waals surface area (Å²) in [6.45, 7) is 7.64. The first kappa shape index (κ1) is 32.3. The SMILES string of the molecule is CCOc1cc2cc(Nc3nc(N4CC(C)C(C)(F)C(CCN(C)C)C4)ncc3C#N)ccc2n(C)c1=O.CNC=O. The molecule has 3 atom stereocenters. The van der Waals surface area contributed by atoms with Gasteiger partial charge in [-0.25, -0.2) is 9.37 Å². The van der Waals surface area contributed by atoms with Crippen molar-refractivity contribution in [1.29, 1.82) is 5.26 Å². The van der Waals surface area contributed by atoms with Gasteiger partial charge in [0.1, 0.15) is 17.3 Å². The van der Waals surface area contributed by atoms with Gasteiger partial charge in [-0.05, 0) is 65.2 Å². The van der Waals surface area contributed by atoms with Crippen molar-refractivity contribution in [2.75, 3.05) is 57.6 Å². The molecule has 1 saturated heterocycles. The van der Waals surface area contributed by atoms with Gasteiger partial charge in [0.15, 0.2) is 11.6 Å². The van der Waals surface area contributed by atoms with Crippen molar-refractivity contribution >= 4 is 34.8 Å². The number of aryl methyl sites for hydroxylation is 1. The molecule has 2 N–H and O–H groups in total. The predicted octanol–water partition coefficient (Wildman–Crippen LogP) is 3.46. The second-order valence-electron chi connectivity index (χ2n) is 10.9. The van der Waals surface area contributed by atoms with E-state index < -0.39 is 5.67 Å². The van der Waals surface area contributed by atoms with Crippen molar-refractivity contribution in [3.8, 4) is 11.8 Å².